The van der Waals surface area contributed by atoms with Crippen molar-refractivity contribution in [2.45, 2.75) is 6.42 Å². The maximum absolute atomic E-state index is 12.8. The Hall–Kier alpha value is -3.14. The molecular weight excluding hydrogens is 326 g/mol. The van der Waals surface area contributed by atoms with Crippen molar-refractivity contribution >= 4 is 11.7 Å². The Balaban J connectivity index is 1.46. The third kappa shape index (κ3) is 2.84. The number of nitrogens with one attached hydrogen (secondary N) is 1. The molecule has 1 N–H and O–H groups in total. The highest BCUT2D eigenvalue weighted by Crippen LogP contribution is 2.58. The number of fused-ring (bicyclic) bond motifs is 1. The Morgan fingerprint density at radius 1 is 1.08 bits per heavy atom. The van der Waals surface area contributed by atoms with Gasteiger partial charge in [-0.3, -0.25) is 9.59 Å². The Morgan fingerprint density at radius 2 is 1.85 bits per heavy atom. The van der Waals surface area contributed by atoms with Crippen molar-refractivity contribution in [3.8, 4) is 5.75 Å². The SMILES string of the molecule is COc1cccc(C(=O)NC2=CC3CC3(C(=O)c3ccccc3)C=C2)c1. The molecule has 0 radical (unpaired) electrons. The highest BCUT2D eigenvalue weighted by Gasteiger charge is 2.57. The van der Waals surface area contributed by atoms with Crippen LogP contribution in [-0.4, -0.2) is 18.8 Å². The van der Waals surface area contributed by atoms with Crippen LogP contribution in [0.3, 0.4) is 0 Å². The number of Topliss-reactive ketones (excluding diaryl/α,β-unsaturated/α-hetero) is 1. The van der Waals surface area contributed by atoms with Crippen LogP contribution in [-0.2, 0) is 0 Å². The number of benzene rings is 2. The van der Waals surface area contributed by atoms with Gasteiger partial charge in [-0.05, 0) is 36.6 Å². The molecule has 0 saturated heterocycles. The second kappa shape index (κ2) is 6.30. The van der Waals surface area contributed by atoms with Gasteiger partial charge in [-0.1, -0.05) is 48.6 Å². The van der Waals surface area contributed by atoms with E-state index < -0.39 is 5.41 Å². The van der Waals surface area contributed by atoms with Crippen LogP contribution < -0.4 is 10.1 Å². The minimum absolute atomic E-state index is 0.140. The highest BCUT2D eigenvalue weighted by atomic mass is 16.5. The molecule has 2 atom stereocenters. The van der Waals surface area contributed by atoms with E-state index in [2.05, 4.69) is 5.32 Å². The molecule has 1 amide bonds. The minimum atomic E-state index is -0.439. The van der Waals surface area contributed by atoms with Gasteiger partial charge in [0, 0.05) is 16.8 Å². The summed E-state index contributed by atoms with van der Waals surface area (Å²) in [6.45, 7) is 0. The lowest BCUT2D eigenvalue weighted by molar-refractivity contribution is 0.0923. The highest BCUT2D eigenvalue weighted by molar-refractivity contribution is 6.04. The first-order valence-electron chi connectivity index (χ1n) is 8.59. The summed E-state index contributed by atoms with van der Waals surface area (Å²) in [5.74, 6) is 0.734. The summed E-state index contributed by atoms with van der Waals surface area (Å²) < 4.78 is 5.15. The van der Waals surface area contributed by atoms with E-state index in [1.165, 1.54) is 0 Å². The maximum atomic E-state index is 12.8. The predicted octanol–water partition coefficient (Wildman–Crippen LogP) is 3.77. The fourth-order valence-electron chi connectivity index (χ4n) is 3.46. The standard InChI is InChI=1S/C22H19NO3/c1-26-19-9-5-8-16(12-19)21(25)23-18-10-11-22(14-17(22)13-18)20(24)15-6-3-2-4-7-15/h2-13,17H,14H2,1H3,(H,23,25). The molecule has 2 aromatic rings. The van der Waals surface area contributed by atoms with Gasteiger partial charge in [0.2, 0.25) is 0 Å². The number of rotatable bonds is 5. The molecule has 4 nitrogen and oxygen atoms in total. The van der Waals surface area contributed by atoms with Gasteiger partial charge in [-0.25, -0.2) is 0 Å². The van der Waals surface area contributed by atoms with E-state index in [9.17, 15) is 9.59 Å². The molecule has 2 unspecified atom stereocenters. The van der Waals surface area contributed by atoms with Crippen molar-refractivity contribution < 1.29 is 14.3 Å². The fraction of sp³-hybridized carbons (Fsp3) is 0.182. The van der Waals surface area contributed by atoms with Gasteiger partial charge in [-0.15, -0.1) is 0 Å². The van der Waals surface area contributed by atoms with E-state index in [1.807, 2.05) is 48.6 Å². The summed E-state index contributed by atoms with van der Waals surface area (Å²) in [4.78, 5) is 25.2. The second-order valence-electron chi connectivity index (χ2n) is 6.69. The fourth-order valence-corrected chi connectivity index (χ4v) is 3.46. The quantitative estimate of drug-likeness (QED) is 0.839. The molecule has 0 bridgehead atoms. The topological polar surface area (TPSA) is 55.4 Å². The summed E-state index contributed by atoms with van der Waals surface area (Å²) in [7, 11) is 1.57. The first kappa shape index (κ1) is 16.3. The number of allylic oxidation sites excluding steroid dienone is 3. The zero-order chi connectivity index (χ0) is 18.1. The van der Waals surface area contributed by atoms with Gasteiger partial charge in [0.15, 0.2) is 5.78 Å². The summed E-state index contributed by atoms with van der Waals surface area (Å²) in [6.07, 6.45) is 6.55. The van der Waals surface area contributed by atoms with E-state index in [-0.39, 0.29) is 17.6 Å². The lowest BCUT2D eigenvalue weighted by Gasteiger charge is -2.16. The maximum Gasteiger partial charge on any atom is 0.255 e. The lowest BCUT2D eigenvalue weighted by atomic mass is 9.89. The van der Waals surface area contributed by atoms with Crippen molar-refractivity contribution in [3.63, 3.8) is 0 Å². The number of ether oxygens (including phenoxy) is 1. The molecule has 0 heterocycles. The summed E-state index contributed by atoms with van der Waals surface area (Å²) in [5.41, 5.74) is 1.56. The van der Waals surface area contributed by atoms with Crippen LogP contribution in [0.25, 0.3) is 0 Å². The molecule has 130 valence electrons. The normalized spacial score (nSPS) is 22.8. The molecule has 1 saturated carbocycles. The number of methoxy groups -OCH3 is 1. The first-order chi connectivity index (χ1) is 12.6. The zero-order valence-electron chi connectivity index (χ0n) is 14.4. The molecule has 4 heteroatoms. The van der Waals surface area contributed by atoms with Crippen LogP contribution in [0.5, 0.6) is 5.75 Å². The predicted molar refractivity (Wildman–Crippen MR) is 99.0 cm³/mol. The largest absolute Gasteiger partial charge is 0.497 e. The van der Waals surface area contributed by atoms with E-state index in [0.717, 1.165) is 17.7 Å². The summed E-state index contributed by atoms with van der Waals surface area (Å²) in [5, 5.41) is 2.91. The first-order valence-corrected chi connectivity index (χ1v) is 8.59. The van der Waals surface area contributed by atoms with Crippen molar-refractivity contribution in [1.29, 1.82) is 0 Å². The van der Waals surface area contributed by atoms with E-state index in [4.69, 9.17) is 4.74 Å². The number of carbonyl (C=O) groups is 2. The van der Waals surface area contributed by atoms with Crippen LogP contribution in [0.2, 0.25) is 0 Å². The Labute approximate surface area is 152 Å². The molecule has 0 aromatic heterocycles. The third-order valence-electron chi connectivity index (χ3n) is 5.05. The van der Waals surface area contributed by atoms with Crippen LogP contribution in [0.15, 0.2) is 78.5 Å². The summed E-state index contributed by atoms with van der Waals surface area (Å²) >= 11 is 0. The number of amides is 1. The van der Waals surface area contributed by atoms with E-state index in [0.29, 0.717) is 11.3 Å². The number of carbonyl (C=O) groups excluding carboxylic acids is 2. The van der Waals surface area contributed by atoms with Crippen LogP contribution in [0.1, 0.15) is 27.1 Å². The van der Waals surface area contributed by atoms with Gasteiger partial charge in [-0.2, -0.15) is 0 Å². The number of hydrogen-bond acceptors (Lipinski definition) is 3. The van der Waals surface area contributed by atoms with E-state index >= 15 is 0 Å². The van der Waals surface area contributed by atoms with Crippen molar-refractivity contribution in [2.24, 2.45) is 11.3 Å². The number of ketones is 1. The number of hydrogen-bond donors (Lipinski definition) is 1. The summed E-state index contributed by atoms with van der Waals surface area (Å²) in [6, 6.07) is 16.4. The van der Waals surface area contributed by atoms with E-state index in [1.54, 1.807) is 31.4 Å². The van der Waals surface area contributed by atoms with Gasteiger partial charge >= 0.3 is 0 Å². The average molecular weight is 345 g/mol. The molecule has 2 aliphatic carbocycles. The second-order valence-corrected chi connectivity index (χ2v) is 6.69. The van der Waals surface area contributed by atoms with Crippen molar-refractivity contribution in [1.82, 2.24) is 5.32 Å². The van der Waals surface area contributed by atoms with Crippen LogP contribution >= 0.6 is 0 Å². The van der Waals surface area contributed by atoms with Crippen LogP contribution in [0.4, 0.5) is 0 Å². The van der Waals surface area contributed by atoms with Gasteiger partial charge in [0.25, 0.3) is 5.91 Å². The van der Waals surface area contributed by atoms with Gasteiger partial charge in [0.05, 0.1) is 12.5 Å². The third-order valence-corrected chi connectivity index (χ3v) is 5.05. The van der Waals surface area contributed by atoms with Crippen LogP contribution in [0, 0.1) is 11.3 Å². The molecule has 26 heavy (non-hydrogen) atoms. The minimum Gasteiger partial charge on any atom is -0.497 e. The molecule has 2 aromatic carbocycles. The lowest BCUT2D eigenvalue weighted by Crippen LogP contribution is -2.25. The Bertz CT molecular complexity index is 929. The Kier molecular flexibility index (Phi) is 3.96. The molecule has 4 rings (SSSR count). The van der Waals surface area contributed by atoms with Crippen molar-refractivity contribution in [3.05, 3.63) is 89.6 Å². The molecular formula is C22H19NO3. The molecule has 0 aliphatic heterocycles. The van der Waals surface area contributed by atoms with Gasteiger partial charge in [0.1, 0.15) is 5.75 Å². The van der Waals surface area contributed by atoms with Crippen molar-refractivity contribution in [2.75, 3.05) is 7.11 Å². The smallest absolute Gasteiger partial charge is 0.255 e. The monoisotopic (exact) mass is 345 g/mol. The molecule has 1 fully saturated rings. The van der Waals surface area contributed by atoms with Gasteiger partial charge < -0.3 is 10.1 Å². The zero-order valence-corrected chi connectivity index (χ0v) is 14.4. The molecule has 0 spiro atoms. The molecule has 2 aliphatic rings. The average Bonchev–Trinajstić information content (AvgIpc) is 3.43. The Morgan fingerprint density at radius 3 is 2.58 bits per heavy atom.